The molecule has 1 aromatic rings. The minimum atomic E-state index is -0.728. The molecule has 110 valence electrons. The molecule has 1 heterocycles. The van der Waals surface area contributed by atoms with Gasteiger partial charge in [0.05, 0.1) is 0 Å². The number of carboxylic acids is 1. The SMILES string of the molecule is CCNC(C(=O)O)C1CCN(Cc2cccc(C)c2)C1. The second-order valence-electron chi connectivity index (χ2n) is 5.65. The summed E-state index contributed by atoms with van der Waals surface area (Å²) in [7, 11) is 0. The maximum Gasteiger partial charge on any atom is 0.321 e. The monoisotopic (exact) mass is 276 g/mol. The number of hydrogen-bond donors (Lipinski definition) is 2. The number of benzene rings is 1. The fraction of sp³-hybridized carbons (Fsp3) is 0.562. The van der Waals surface area contributed by atoms with Crippen LogP contribution in [0, 0.1) is 12.8 Å². The third-order valence-corrected chi connectivity index (χ3v) is 3.96. The second-order valence-corrected chi connectivity index (χ2v) is 5.65. The minimum Gasteiger partial charge on any atom is -0.480 e. The van der Waals surface area contributed by atoms with Gasteiger partial charge in [0.25, 0.3) is 0 Å². The molecule has 0 aliphatic carbocycles. The van der Waals surface area contributed by atoms with Crippen molar-refractivity contribution in [1.82, 2.24) is 10.2 Å². The van der Waals surface area contributed by atoms with Crippen molar-refractivity contribution in [3.8, 4) is 0 Å². The first-order valence-electron chi connectivity index (χ1n) is 7.34. The van der Waals surface area contributed by atoms with Crippen molar-refractivity contribution in [2.75, 3.05) is 19.6 Å². The van der Waals surface area contributed by atoms with Crippen molar-refractivity contribution in [2.24, 2.45) is 5.92 Å². The molecule has 0 radical (unpaired) electrons. The van der Waals surface area contributed by atoms with Crippen LogP contribution in [0.2, 0.25) is 0 Å². The van der Waals surface area contributed by atoms with Gasteiger partial charge in [0, 0.05) is 13.1 Å². The molecule has 2 unspecified atom stereocenters. The van der Waals surface area contributed by atoms with Crippen LogP contribution in [0.3, 0.4) is 0 Å². The van der Waals surface area contributed by atoms with Crippen LogP contribution >= 0.6 is 0 Å². The molecule has 4 nitrogen and oxygen atoms in total. The molecule has 1 aliphatic rings. The maximum atomic E-state index is 11.3. The van der Waals surface area contributed by atoms with Gasteiger partial charge < -0.3 is 10.4 Å². The van der Waals surface area contributed by atoms with Crippen LogP contribution < -0.4 is 5.32 Å². The molecule has 20 heavy (non-hydrogen) atoms. The highest BCUT2D eigenvalue weighted by Crippen LogP contribution is 2.22. The van der Waals surface area contributed by atoms with E-state index in [1.807, 2.05) is 6.92 Å². The predicted octanol–water partition coefficient (Wildman–Crippen LogP) is 1.88. The molecule has 1 fully saturated rings. The number of nitrogens with zero attached hydrogens (tertiary/aromatic N) is 1. The summed E-state index contributed by atoms with van der Waals surface area (Å²) in [5.74, 6) is -0.522. The van der Waals surface area contributed by atoms with E-state index < -0.39 is 12.0 Å². The van der Waals surface area contributed by atoms with Crippen LogP contribution in [-0.2, 0) is 11.3 Å². The zero-order chi connectivity index (χ0) is 14.5. The Morgan fingerprint density at radius 3 is 3.00 bits per heavy atom. The van der Waals surface area contributed by atoms with Crippen molar-refractivity contribution in [3.63, 3.8) is 0 Å². The number of aryl methyl sites for hydroxylation is 1. The summed E-state index contributed by atoms with van der Waals surface area (Å²) < 4.78 is 0. The summed E-state index contributed by atoms with van der Waals surface area (Å²) in [4.78, 5) is 13.7. The predicted molar refractivity (Wildman–Crippen MR) is 79.7 cm³/mol. The van der Waals surface area contributed by atoms with Crippen LogP contribution in [0.15, 0.2) is 24.3 Å². The highest BCUT2D eigenvalue weighted by Gasteiger charge is 2.33. The summed E-state index contributed by atoms with van der Waals surface area (Å²) in [6.45, 7) is 7.50. The van der Waals surface area contributed by atoms with Gasteiger partial charge in [-0.15, -0.1) is 0 Å². The molecule has 0 amide bonds. The van der Waals surface area contributed by atoms with Gasteiger partial charge in [0.2, 0.25) is 0 Å². The van der Waals surface area contributed by atoms with E-state index in [2.05, 4.69) is 41.4 Å². The van der Waals surface area contributed by atoms with Gasteiger partial charge >= 0.3 is 5.97 Å². The lowest BCUT2D eigenvalue weighted by Crippen LogP contribution is -2.43. The molecular weight excluding hydrogens is 252 g/mol. The first kappa shape index (κ1) is 15.0. The van der Waals surface area contributed by atoms with Gasteiger partial charge in [0.1, 0.15) is 6.04 Å². The molecule has 4 heteroatoms. The second kappa shape index (κ2) is 6.86. The number of carboxylic acid groups (broad SMARTS) is 1. The average molecular weight is 276 g/mol. The van der Waals surface area contributed by atoms with Gasteiger partial charge in [-0.25, -0.2) is 0 Å². The Balaban J connectivity index is 1.93. The van der Waals surface area contributed by atoms with Gasteiger partial charge in [-0.05, 0) is 37.9 Å². The van der Waals surface area contributed by atoms with Crippen molar-refractivity contribution in [1.29, 1.82) is 0 Å². The zero-order valence-electron chi connectivity index (χ0n) is 12.3. The molecule has 2 rings (SSSR count). The number of carbonyl (C=O) groups is 1. The smallest absolute Gasteiger partial charge is 0.321 e. The first-order chi connectivity index (χ1) is 9.60. The quantitative estimate of drug-likeness (QED) is 0.833. The van der Waals surface area contributed by atoms with E-state index in [-0.39, 0.29) is 5.92 Å². The molecule has 1 aliphatic heterocycles. The molecule has 1 aromatic carbocycles. The molecule has 0 saturated carbocycles. The van der Waals surface area contributed by atoms with Crippen molar-refractivity contribution >= 4 is 5.97 Å². The van der Waals surface area contributed by atoms with Gasteiger partial charge in [-0.1, -0.05) is 36.8 Å². The third kappa shape index (κ3) is 3.81. The molecule has 1 saturated heterocycles. The van der Waals surface area contributed by atoms with Crippen molar-refractivity contribution in [2.45, 2.75) is 32.9 Å². The van der Waals surface area contributed by atoms with E-state index in [0.29, 0.717) is 6.54 Å². The molecule has 0 bridgehead atoms. The van der Waals surface area contributed by atoms with Gasteiger partial charge in [-0.3, -0.25) is 9.69 Å². The normalized spacial score (nSPS) is 21.0. The molecular formula is C16H24N2O2. The Hall–Kier alpha value is -1.39. The number of likely N-dealkylation sites (tertiary alicyclic amines) is 1. The maximum absolute atomic E-state index is 11.3. The number of aliphatic carboxylic acids is 1. The lowest BCUT2D eigenvalue weighted by atomic mass is 9.99. The number of likely N-dealkylation sites (N-methyl/N-ethyl adjacent to an activating group) is 1. The Labute approximate surface area is 120 Å². The summed E-state index contributed by atoms with van der Waals surface area (Å²) in [5.41, 5.74) is 2.58. The average Bonchev–Trinajstić information content (AvgIpc) is 2.83. The topological polar surface area (TPSA) is 52.6 Å². The van der Waals surface area contributed by atoms with E-state index in [9.17, 15) is 9.90 Å². The lowest BCUT2D eigenvalue weighted by Gasteiger charge is -2.21. The summed E-state index contributed by atoms with van der Waals surface area (Å²) >= 11 is 0. The Morgan fingerprint density at radius 2 is 2.35 bits per heavy atom. The van der Waals surface area contributed by atoms with E-state index in [0.717, 1.165) is 26.1 Å². The van der Waals surface area contributed by atoms with Crippen LogP contribution in [0.25, 0.3) is 0 Å². The number of hydrogen-bond acceptors (Lipinski definition) is 3. The number of rotatable bonds is 6. The third-order valence-electron chi connectivity index (χ3n) is 3.96. The van der Waals surface area contributed by atoms with E-state index in [4.69, 9.17) is 0 Å². The minimum absolute atomic E-state index is 0.206. The Kier molecular flexibility index (Phi) is 5.15. The van der Waals surface area contributed by atoms with Crippen LogP contribution in [0.1, 0.15) is 24.5 Å². The van der Waals surface area contributed by atoms with Crippen LogP contribution in [0.5, 0.6) is 0 Å². The highest BCUT2D eigenvalue weighted by atomic mass is 16.4. The fourth-order valence-corrected chi connectivity index (χ4v) is 3.02. The van der Waals surface area contributed by atoms with Crippen molar-refractivity contribution in [3.05, 3.63) is 35.4 Å². The Bertz CT molecular complexity index is 462. The summed E-state index contributed by atoms with van der Waals surface area (Å²) in [5, 5.41) is 12.4. The fourth-order valence-electron chi connectivity index (χ4n) is 3.02. The standard InChI is InChI=1S/C16H24N2O2/c1-3-17-15(16(19)20)14-7-8-18(11-14)10-13-6-4-5-12(2)9-13/h4-6,9,14-15,17H,3,7-8,10-11H2,1-2H3,(H,19,20). The summed E-state index contributed by atoms with van der Waals surface area (Å²) in [6, 6.07) is 8.10. The van der Waals surface area contributed by atoms with E-state index >= 15 is 0 Å². The van der Waals surface area contributed by atoms with Crippen LogP contribution in [0.4, 0.5) is 0 Å². The van der Waals surface area contributed by atoms with E-state index in [1.165, 1.54) is 11.1 Å². The number of nitrogens with one attached hydrogen (secondary N) is 1. The lowest BCUT2D eigenvalue weighted by molar-refractivity contribution is -0.140. The first-order valence-corrected chi connectivity index (χ1v) is 7.34. The van der Waals surface area contributed by atoms with E-state index in [1.54, 1.807) is 0 Å². The molecule has 0 spiro atoms. The summed E-state index contributed by atoms with van der Waals surface area (Å²) in [6.07, 6.45) is 0.954. The van der Waals surface area contributed by atoms with Crippen LogP contribution in [-0.4, -0.2) is 41.7 Å². The molecule has 0 aromatic heterocycles. The molecule has 2 N–H and O–H groups in total. The van der Waals surface area contributed by atoms with Gasteiger partial charge in [0.15, 0.2) is 0 Å². The Morgan fingerprint density at radius 1 is 1.55 bits per heavy atom. The molecule has 2 atom stereocenters. The zero-order valence-corrected chi connectivity index (χ0v) is 12.3. The van der Waals surface area contributed by atoms with Gasteiger partial charge in [-0.2, -0.15) is 0 Å². The van der Waals surface area contributed by atoms with Crippen molar-refractivity contribution < 1.29 is 9.90 Å². The highest BCUT2D eigenvalue weighted by molar-refractivity contribution is 5.74. The largest absolute Gasteiger partial charge is 0.480 e.